The zero-order chi connectivity index (χ0) is 17.7. The first-order valence-electron chi connectivity index (χ1n) is 7.52. The molecule has 1 aliphatic rings. The van der Waals surface area contributed by atoms with E-state index in [1.165, 1.54) is 0 Å². The molecule has 0 bridgehead atoms. The topological polar surface area (TPSA) is 58.7 Å². The fraction of sp³-hybridized carbons (Fsp3) is 0.167. The highest BCUT2D eigenvalue weighted by atomic mass is 32.1. The molecule has 0 saturated carbocycles. The zero-order valence-electron chi connectivity index (χ0n) is 13.5. The Morgan fingerprint density at radius 2 is 1.83 bits per heavy atom. The van der Waals surface area contributed by atoms with Crippen LogP contribution in [0.25, 0.3) is 0 Å². The number of nitrogens with two attached hydrogens (primary N) is 1. The number of rotatable bonds is 7. The number of amides is 1. The van der Waals surface area contributed by atoms with E-state index in [4.69, 9.17) is 18.0 Å². The van der Waals surface area contributed by atoms with Gasteiger partial charge in [-0.15, -0.1) is 11.2 Å². The minimum atomic E-state index is -0.192. The maximum atomic E-state index is 12.9. The third kappa shape index (κ3) is 3.06. The molecule has 0 aromatic heterocycles. The molecular formula is C18H21N4OS+. The van der Waals surface area contributed by atoms with Gasteiger partial charge in [-0.1, -0.05) is 42.5 Å². The number of carbonyl (C=O) groups is 1. The van der Waals surface area contributed by atoms with Gasteiger partial charge >= 0.3 is 0 Å². The number of carbonyl (C=O) groups excluding carboxylic acids is 1. The Labute approximate surface area is 147 Å². The summed E-state index contributed by atoms with van der Waals surface area (Å²) in [6.45, 7) is 12.4. The smallest absolute Gasteiger partial charge is 0.294 e. The first-order chi connectivity index (χ1) is 11.5. The summed E-state index contributed by atoms with van der Waals surface area (Å²) in [5.74, 6) is -0.192. The van der Waals surface area contributed by atoms with Crippen molar-refractivity contribution in [2.45, 2.75) is 0 Å². The standard InChI is InChI=1S/C18H20N4OS/c1-4-11-21-15-10-8-7-9-14(15)16(17(21)23)20-22(12-5-2,13-6-3)18(19)24/h4-10H,1-3,11-13H2,(H-,19,24)/p+1/b20-16-. The molecule has 0 fully saturated rings. The first kappa shape index (κ1) is 17.8. The SMILES string of the molecule is C=CCN1C(=O)/C(=N\[N+](CC=C)(CC=C)C(N)=S)c2ccccc21. The molecule has 124 valence electrons. The summed E-state index contributed by atoms with van der Waals surface area (Å²) in [6, 6.07) is 7.50. The largest absolute Gasteiger partial charge is 0.343 e. The third-order valence-electron chi connectivity index (χ3n) is 3.77. The van der Waals surface area contributed by atoms with Crippen molar-refractivity contribution in [1.29, 1.82) is 0 Å². The Morgan fingerprint density at radius 1 is 1.21 bits per heavy atom. The van der Waals surface area contributed by atoms with Crippen LogP contribution in [0.4, 0.5) is 5.69 Å². The lowest BCUT2D eigenvalue weighted by Crippen LogP contribution is -2.52. The van der Waals surface area contributed by atoms with E-state index in [1.54, 1.807) is 23.1 Å². The third-order valence-corrected chi connectivity index (χ3v) is 4.11. The van der Waals surface area contributed by atoms with Gasteiger partial charge < -0.3 is 10.6 Å². The summed E-state index contributed by atoms with van der Waals surface area (Å²) < 4.78 is -0.111. The van der Waals surface area contributed by atoms with Crippen LogP contribution in [-0.2, 0) is 4.79 Å². The molecule has 5 nitrogen and oxygen atoms in total. The lowest BCUT2D eigenvalue weighted by molar-refractivity contribution is -0.834. The summed E-state index contributed by atoms with van der Waals surface area (Å²) in [6.07, 6.45) is 5.04. The lowest BCUT2D eigenvalue weighted by atomic mass is 10.1. The fourth-order valence-electron chi connectivity index (χ4n) is 2.67. The average Bonchev–Trinajstić information content (AvgIpc) is 2.81. The number of fused-ring (bicyclic) bond motifs is 1. The molecule has 1 aliphatic heterocycles. The number of quaternary nitrogens is 1. The van der Waals surface area contributed by atoms with Crippen molar-refractivity contribution < 1.29 is 9.39 Å². The van der Waals surface area contributed by atoms with Crippen LogP contribution in [-0.4, -0.2) is 41.0 Å². The van der Waals surface area contributed by atoms with Crippen molar-refractivity contribution in [1.82, 2.24) is 0 Å². The van der Waals surface area contributed by atoms with Crippen molar-refractivity contribution in [3.8, 4) is 0 Å². The Hall–Kier alpha value is -2.57. The number of hydrogen-bond donors (Lipinski definition) is 1. The van der Waals surface area contributed by atoms with Crippen LogP contribution in [0.3, 0.4) is 0 Å². The van der Waals surface area contributed by atoms with E-state index in [1.807, 2.05) is 24.3 Å². The highest BCUT2D eigenvalue weighted by Crippen LogP contribution is 2.30. The van der Waals surface area contributed by atoms with Gasteiger partial charge in [-0.05, 0) is 18.2 Å². The molecule has 0 radical (unpaired) electrons. The molecule has 6 heteroatoms. The van der Waals surface area contributed by atoms with Gasteiger partial charge in [-0.2, -0.15) is 0 Å². The zero-order valence-corrected chi connectivity index (χ0v) is 14.3. The number of thiocarbonyl (C=S) groups is 1. The fourth-order valence-corrected chi connectivity index (χ4v) is 2.86. The Bertz CT molecular complexity index is 728. The number of hydrogen-bond acceptors (Lipinski definition) is 3. The van der Waals surface area contributed by atoms with Crippen molar-refractivity contribution in [2.24, 2.45) is 10.8 Å². The van der Waals surface area contributed by atoms with Gasteiger partial charge in [0.05, 0.1) is 5.69 Å². The number of benzene rings is 1. The second kappa shape index (κ2) is 7.33. The van der Waals surface area contributed by atoms with Crippen LogP contribution in [0.2, 0.25) is 0 Å². The minimum absolute atomic E-state index is 0.111. The van der Waals surface area contributed by atoms with Crippen LogP contribution in [0, 0.1) is 0 Å². The van der Waals surface area contributed by atoms with Crippen molar-refractivity contribution in [3.05, 3.63) is 67.8 Å². The van der Waals surface area contributed by atoms with E-state index in [0.717, 1.165) is 11.3 Å². The Kier molecular flexibility index (Phi) is 5.43. The van der Waals surface area contributed by atoms with Crippen LogP contribution >= 0.6 is 12.2 Å². The maximum Gasteiger partial charge on any atom is 0.294 e. The number of anilines is 1. The van der Waals surface area contributed by atoms with Crippen LogP contribution in [0.5, 0.6) is 0 Å². The lowest BCUT2D eigenvalue weighted by Gasteiger charge is -2.27. The van der Waals surface area contributed by atoms with Gasteiger partial charge in [-0.3, -0.25) is 4.79 Å². The van der Waals surface area contributed by atoms with Gasteiger partial charge in [0, 0.05) is 24.3 Å². The normalized spacial score (nSPS) is 15.2. The molecule has 0 saturated heterocycles. The molecule has 2 rings (SSSR count). The monoisotopic (exact) mass is 341 g/mol. The summed E-state index contributed by atoms with van der Waals surface area (Å²) in [7, 11) is 0. The van der Waals surface area contributed by atoms with Gasteiger partial charge in [0.1, 0.15) is 13.1 Å². The van der Waals surface area contributed by atoms with E-state index in [2.05, 4.69) is 24.8 Å². The molecule has 1 aromatic carbocycles. The first-order valence-corrected chi connectivity index (χ1v) is 7.93. The summed E-state index contributed by atoms with van der Waals surface area (Å²) in [5.41, 5.74) is 7.84. The van der Waals surface area contributed by atoms with Crippen LogP contribution in [0.15, 0.2) is 67.3 Å². The van der Waals surface area contributed by atoms with Crippen molar-refractivity contribution in [2.75, 3.05) is 24.5 Å². The number of nitrogens with zero attached hydrogens (tertiary/aromatic N) is 3. The van der Waals surface area contributed by atoms with Gasteiger partial charge in [0.15, 0.2) is 5.71 Å². The second-order valence-corrected chi connectivity index (χ2v) is 5.79. The summed E-state index contributed by atoms with van der Waals surface area (Å²) in [5, 5.41) is 4.82. The molecule has 0 aliphatic carbocycles. The van der Waals surface area contributed by atoms with Crippen molar-refractivity contribution in [3.63, 3.8) is 0 Å². The molecule has 1 aromatic rings. The van der Waals surface area contributed by atoms with Gasteiger partial charge in [0.2, 0.25) is 0 Å². The molecule has 2 N–H and O–H groups in total. The van der Waals surface area contributed by atoms with Crippen molar-refractivity contribution >= 4 is 34.6 Å². The van der Waals surface area contributed by atoms with Gasteiger partial charge in [0.25, 0.3) is 11.0 Å². The molecule has 0 spiro atoms. The quantitative estimate of drug-likeness (QED) is 0.358. The number of para-hydroxylation sites is 1. The molecule has 0 unspecified atom stereocenters. The Balaban J connectivity index is 2.63. The van der Waals surface area contributed by atoms with Crippen LogP contribution in [0.1, 0.15) is 5.56 Å². The molecule has 0 atom stereocenters. The molecule has 1 heterocycles. The van der Waals surface area contributed by atoms with E-state index >= 15 is 0 Å². The molecule has 24 heavy (non-hydrogen) atoms. The van der Waals surface area contributed by atoms with E-state index < -0.39 is 0 Å². The van der Waals surface area contributed by atoms with Gasteiger partial charge in [-0.25, -0.2) is 0 Å². The van der Waals surface area contributed by atoms with E-state index in [0.29, 0.717) is 25.3 Å². The Morgan fingerprint density at radius 3 is 2.38 bits per heavy atom. The molecular weight excluding hydrogens is 320 g/mol. The highest BCUT2D eigenvalue weighted by molar-refractivity contribution is 7.79. The average molecular weight is 341 g/mol. The predicted molar refractivity (Wildman–Crippen MR) is 103 cm³/mol. The predicted octanol–water partition coefficient (Wildman–Crippen LogP) is 2.36. The maximum absolute atomic E-state index is 12.9. The van der Waals surface area contributed by atoms with E-state index in [-0.39, 0.29) is 15.6 Å². The summed E-state index contributed by atoms with van der Waals surface area (Å²) in [4.78, 5) is 14.5. The van der Waals surface area contributed by atoms with E-state index in [9.17, 15) is 4.79 Å². The van der Waals surface area contributed by atoms with Crippen LogP contribution < -0.4 is 10.6 Å². The molecule has 1 amide bonds. The second-order valence-electron chi connectivity index (χ2n) is 5.37. The minimum Gasteiger partial charge on any atom is -0.343 e. The highest BCUT2D eigenvalue weighted by Gasteiger charge is 2.39. The summed E-state index contributed by atoms with van der Waals surface area (Å²) >= 11 is 5.22.